The maximum Gasteiger partial charge on any atom is 0.416 e. The molecule has 0 spiro atoms. The van der Waals surface area contributed by atoms with Crippen molar-refractivity contribution in [1.29, 1.82) is 5.26 Å². The Kier molecular flexibility index (Phi) is 3.84. The molecule has 0 heterocycles. The summed E-state index contributed by atoms with van der Waals surface area (Å²) in [4.78, 5) is 11.6. The summed E-state index contributed by atoms with van der Waals surface area (Å²) in [6.45, 7) is 2.54. The molecular formula is C12H10F4N2O. The van der Waals surface area contributed by atoms with Crippen LogP contribution in [0.1, 0.15) is 19.4 Å². The van der Waals surface area contributed by atoms with E-state index in [-0.39, 0.29) is 0 Å². The van der Waals surface area contributed by atoms with Gasteiger partial charge in [0.05, 0.1) is 17.3 Å². The quantitative estimate of drug-likeness (QED) is 0.841. The number of carbonyl (C=O) groups is 1. The van der Waals surface area contributed by atoms with Crippen molar-refractivity contribution in [1.82, 2.24) is 0 Å². The molecule has 1 N–H and O–H groups in total. The Morgan fingerprint density at radius 1 is 1.32 bits per heavy atom. The third-order valence-corrected chi connectivity index (χ3v) is 2.39. The summed E-state index contributed by atoms with van der Waals surface area (Å²) >= 11 is 0. The van der Waals surface area contributed by atoms with Gasteiger partial charge in [-0.2, -0.15) is 18.4 Å². The zero-order valence-electron chi connectivity index (χ0n) is 10.1. The smallest absolute Gasteiger partial charge is 0.322 e. The molecule has 102 valence electrons. The van der Waals surface area contributed by atoms with Crippen LogP contribution < -0.4 is 5.32 Å². The number of alkyl halides is 3. The van der Waals surface area contributed by atoms with Gasteiger partial charge in [-0.15, -0.1) is 0 Å². The SMILES string of the molecule is CC(C)(C#N)C(=O)Nc1cc(C(F)(F)F)ccc1F. The highest BCUT2D eigenvalue weighted by atomic mass is 19.4. The molecule has 1 aromatic carbocycles. The highest BCUT2D eigenvalue weighted by Gasteiger charge is 2.32. The Morgan fingerprint density at radius 3 is 2.37 bits per heavy atom. The van der Waals surface area contributed by atoms with Crippen molar-refractivity contribution < 1.29 is 22.4 Å². The summed E-state index contributed by atoms with van der Waals surface area (Å²) in [6, 6.07) is 3.33. The van der Waals surface area contributed by atoms with E-state index < -0.39 is 34.6 Å². The van der Waals surface area contributed by atoms with Crippen molar-refractivity contribution in [2.45, 2.75) is 20.0 Å². The topological polar surface area (TPSA) is 52.9 Å². The average molecular weight is 274 g/mol. The van der Waals surface area contributed by atoms with Crippen LogP contribution in [0.15, 0.2) is 18.2 Å². The number of rotatable bonds is 2. The lowest BCUT2D eigenvalue weighted by Crippen LogP contribution is -2.29. The predicted octanol–water partition coefficient (Wildman–Crippen LogP) is 3.33. The fraction of sp³-hybridized carbons (Fsp3) is 0.333. The number of carbonyl (C=O) groups excluding carboxylic acids is 1. The Morgan fingerprint density at radius 2 is 1.89 bits per heavy atom. The van der Waals surface area contributed by atoms with E-state index in [1.54, 1.807) is 6.07 Å². The number of benzene rings is 1. The van der Waals surface area contributed by atoms with Crippen molar-refractivity contribution in [2.24, 2.45) is 5.41 Å². The minimum Gasteiger partial charge on any atom is -0.322 e. The van der Waals surface area contributed by atoms with Crippen LogP contribution in [-0.2, 0) is 11.0 Å². The van der Waals surface area contributed by atoms with Crippen molar-refractivity contribution in [3.8, 4) is 6.07 Å². The normalized spacial score (nSPS) is 11.8. The number of hydrogen-bond acceptors (Lipinski definition) is 2. The van der Waals surface area contributed by atoms with Gasteiger partial charge in [-0.1, -0.05) is 0 Å². The second-order valence-corrected chi connectivity index (χ2v) is 4.38. The molecule has 0 saturated carbocycles. The van der Waals surface area contributed by atoms with Gasteiger partial charge in [-0.05, 0) is 32.0 Å². The molecule has 1 rings (SSSR count). The summed E-state index contributed by atoms with van der Waals surface area (Å²) in [7, 11) is 0. The lowest BCUT2D eigenvalue weighted by atomic mass is 9.94. The van der Waals surface area contributed by atoms with Gasteiger partial charge in [0.25, 0.3) is 0 Å². The fourth-order valence-corrected chi connectivity index (χ4v) is 1.13. The average Bonchev–Trinajstić information content (AvgIpc) is 2.30. The van der Waals surface area contributed by atoms with Crippen molar-refractivity contribution in [2.75, 3.05) is 5.32 Å². The number of nitrogens with zero attached hydrogens (tertiary/aromatic N) is 1. The van der Waals surface area contributed by atoms with Crippen LogP contribution in [0.3, 0.4) is 0 Å². The standard InChI is InChI=1S/C12H10F4N2O/c1-11(2,6-17)10(19)18-9-5-7(12(14,15)16)3-4-8(9)13/h3-5H,1-2H3,(H,18,19). The number of hydrogen-bond donors (Lipinski definition) is 1. The first-order chi connectivity index (χ1) is 8.58. The summed E-state index contributed by atoms with van der Waals surface area (Å²) in [5, 5.41) is 10.7. The number of nitriles is 1. The monoisotopic (exact) mass is 274 g/mol. The molecule has 0 bridgehead atoms. The van der Waals surface area contributed by atoms with E-state index in [0.29, 0.717) is 18.2 Å². The fourth-order valence-electron chi connectivity index (χ4n) is 1.13. The van der Waals surface area contributed by atoms with Crippen molar-refractivity contribution >= 4 is 11.6 Å². The molecule has 0 aliphatic rings. The van der Waals surface area contributed by atoms with Gasteiger partial charge in [0.15, 0.2) is 0 Å². The molecule has 0 radical (unpaired) electrons. The van der Waals surface area contributed by atoms with E-state index in [2.05, 4.69) is 0 Å². The predicted molar refractivity (Wildman–Crippen MR) is 59.4 cm³/mol. The maximum absolute atomic E-state index is 13.3. The second kappa shape index (κ2) is 4.88. The van der Waals surface area contributed by atoms with Gasteiger partial charge in [-0.3, -0.25) is 4.79 Å². The first-order valence-corrected chi connectivity index (χ1v) is 5.17. The molecule has 0 saturated heterocycles. The molecule has 7 heteroatoms. The highest BCUT2D eigenvalue weighted by molar-refractivity contribution is 5.96. The van der Waals surface area contributed by atoms with Crippen LogP contribution in [0.5, 0.6) is 0 Å². The van der Waals surface area contributed by atoms with Crippen molar-refractivity contribution in [3.63, 3.8) is 0 Å². The molecule has 1 amide bonds. The van der Waals surface area contributed by atoms with Crippen LogP contribution in [0.25, 0.3) is 0 Å². The highest BCUT2D eigenvalue weighted by Crippen LogP contribution is 2.32. The zero-order chi connectivity index (χ0) is 14.8. The largest absolute Gasteiger partial charge is 0.416 e. The van der Waals surface area contributed by atoms with Crippen LogP contribution in [-0.4, -0.2) is 5.91 Å². The summed E-state index contributed by atoms with van der Waals surface area (Å²) in [6.07, 6.45) is -4.64. The van der Waals surface area contributed by atoms with Gasteiger partial charge in [0, 0.05) is 0 Å². The van der Waals surface area contributed by atoms with E-state index in [9.17, 15) is 22.4 Å². The Balaban J connectivity index is 3.09. The van der Waals surface area contributed by atoms with E-state index >= 15 is 0 Å². The number of nitrogens with one attached hydrogen (secondary N) is 1. The number of anilines is 1. The zero-order valence-corrected chi connectivity index (χ0v) is 10.1. The van der Waals surface area contributed by atoms with Crippen LogP contribution in [0.2, 0.25) is 0 Å². The lowest BCUT2D eigenvalue weighted by Gasteiger charge is -2.16. The maximum atomic E-state index is 13.3. The Hall–Kier alpha value is -2.10. The molecule has 1 aromatic rings. The first-order valence-electron chi connectivity index (χ1n) is 5.17. The number of amides is 1. The third kappa shape index (κ3) is 3.44. The van der Waals surface area contributed by atoms with Crippen molar-refractivity contribution in [3.05, 3.63) is 29.6 Å². The van der Waals surface area contributed by atoms with Crippen LogP contribution in [0, 0.1) is 22.6 Å². The molecule has 3 nitrogen and oxygen atoms in total. The van der Waals surface area contributed by atoms with Crippen LogP contribution in [0.4, 0.5) is 23.2 Å². The second-order valence-electron chi connectivity index (χ2n) is 4.38. The molecule has 0 atom stereocenters. The van der Waals surface area contributed by atoms with Crippen LogP contribution >= 0.6 is 0 Å². The van der Waals surface area contributed by atoms with E-state index in [0.717, 1.165) is 0 Å². The lowest BCUT2D eigenvalue weighted by molar-refractivity contribution is -0.137. The van der Waals surface area contributed by atoms with E-state index in [1.807, 2.05) is 5.32 Å². The Labute approximate surface area is 106 Å². The molecule has 0 aromatic heterocycles. The summed E-state index contributed by atoms with van der Waals surface area (Å²) < 4.78 is 50.7. The summed E-state index contributed by atoms with van der Waals surface area (Å²) in [5.41, 5.74) is -3.16. The first kappa shape index (κ1) is 15.0. The molecule has 0 unspecified atom stereocenters. The Bertz CT molecular complexity index is 544. The number of halogens is 4. The molecule has 0 fully saturated rings. The molecular weight excluding hydrogens is 264 g/mol. The van der Waals surface area contributed by atoms with E-state index in [4.69, 9.17) is 5.26 Å². The molecule has 0 aliphatic carbocycles. The van der Waals surface area contributed by atoms with Gasteiger partial charge >= 0.3 is 6.18 Å². The molecule has 19 heavy (non-hydrogen) atoms. The minimum absolute atomic E-state index is 0.487. The van der Waals surface area contributed by atoms with Gasteiger partial charge < -0.3 is 5.32 Å². The van der Waals surface area contributed by atoms with E-state index in [1.165, 1.54) is 13.8 Å². The molecule has 0 aliphatic heterocycles. The van der Waals surface area contributed by atoms with Gasteiger partial charge in [0.2, 0.25) is 5.91 Å². The minimum atomic E-state index is -4.64. The van der Waals surface area contributed by atoms with Gasteiger partial charge in [-0.25, -0.2) is 4.39 Å². The third-order valence-electron chi connectivity index (χ3n) is 2.39. The summed E-state index contributed by atoms with van der Waals surface area (Å²) in [5.74, 6) is -1.89. The van der Waals surface area contributed by atoms with Gasteiger partial charge in [0.1, 0.15) is 11.2 Å².